The van der Waals surface area contributed by atoms with Gasteiger partial charge in [-0.15, -0.1) is 13.2 Å². The van der Waals surface area contributed by atoms with E-state index in [2.05, 4.69) is 4.74 Å². The Kier molecular flexibility index (Phi) is 6.45. The van der Waals surface area contributed by atoms with E-state index in [-0.39, 0.29) is 43.5 Å². The average Bonchev–Trinajstić information content (AvgIpc) is 3.47. The van der Waals surface area contributed by atoms with Gasteiger partial charge in [0.25, 0.3) is 0 Å². The molecule has 196 valence electrons. The van der Waals surface area contributed by atoms with Gasteiger partial charge in [0.1, 0.15) is 11.9 Å². The first kappa shape index (κ1) is 24.6. The maximum absolute atomic E-state index is 13.2. The van der Waals surface area contributed by atoms with Crippen molar-refractivity contribution in [2.24, 2.45) is 11.8 Å². The number of morpholine rings is 1. The minimum Gasteiger partial charge on any atom is -0.465 e. The second kappa shape index (κ2) is 9.43. The molecule has 13 heteroatoms. The van der Waals surface area contributed by atoms with Crippen LogP contribution >= 0.6 is 0 Å². The molecule has 3 atom stereocenters. The van der Waals surface area contributed by atoms with Crippen molar-refractivity contribution in [2.75, 3.05) is 50.8 Å². The van der Waals surface area contributed by atoms with Crippen LogP contribution < -0.4 is 9.64 Å². The fourth-order valence-electron chi connectivity index (χ4n) is 5.80. The fourth-order valence-corrected chi connectivity index (χ4v) is 5.80. The molecule has 3 unspecified atom stereocenters. The normalized spacial score (nSPS) is 27.2. The number of benzene rings is 1. The molecule has 0 aliphatic carbocycles. The topological polar surface area (TPSA) is 103 Å². The van der Waals surface area contributed by atoms with Crippen LogP contribution in [0.15, 0.2) is 18.2 Å². The van der Waals surface area contributed by atoms with Gasteiger partial charge in [-0.25, -0.2) is 4.79 Å². The number of carbonyl (C=O) groups is 3. The van der Waals surface area contributed by atoms with Crippen LogP contribution in [-0.2, 0) is 20.9 Å². The Morgan fingerprint density at radius 1 is 1.08 bits per heavy atom. The Morgan fingerprint density at radius 2 is 1.78 bits per heavy atom. The van der Waals surface area contributed by atoms with Gasteiger partial charge < -0.3 is 19.5 Å². The lowest BCUT2D eigenvalue weighted by Gasteiger charge is -2.33. The third-order valence-electron chi connectivity index (χ3n) is 7.35. The number of fused-ring (bicyclic) bond motifs is 1. The van der Waals surface area contributed by atoms with Crippen LogP contribution in [-0.4, -0.2) is 96.2 Å². The Bertz CT molecular complexity index is 1030. The highest BCUT2D eigenvalue weighted by molar-refractivity contribution is 6.02. The van der Waals surface area contributed by atoms with Gasteiger partial charge in [0.05, 0.1) is 13.2 Å². The minimum atomic E-state index is -4.86. The number of rotatable bonds is 5. The standard InChI is InChI=1S/C23H27F3N4O6/c24-23(25,26)36-18-9-16(28-5-7-35-8-6-28)2-1-14(18)10-27-11-15-12-29(22(33)34)21(17(15)13-27)30-19(31)3-4-20(30)32/h1-2,9,15,17,21H,3-8,10-13H2,(H,33,34). The molecule has 4 aliphatic rings. The molecule has 0 saturated carbocycles. The number of ether oxygens (including phenoxy) is 2. The lowest BCUT2D eigenvalue weighted by Crippen LogP contribution is -2.53. The molecule has 10 nitrogen and oxygen atoms in total. The van der Waals surface area contributed by atoms with Crippen LogP contribution in [0.4, 0.5) is 23.7 Å². The van der Waals surface area contributed by atoms with Gasteiger partial charge in [0.2, 0.25) is 11.8 Å². The number of anilines is 1. The van der Waals surface area contributed by atoms with Gasteiger partial charge in [-0.3, -0.25) is 24.3 Å². The zero-order chi connectivity index (χ0) is 25.6. The van der Waals surface area contributed by atoms with Crippen LogP contribution in [0.2, 0.25) is 0 Å². The number of hydrogen-bond acceptors (Lipinski definition) is 7. The highest BCUT2D eigenvalue weighted by atomic mass is 19.4. The number of carboxylic acid groups (broad SMARTS) is 1. The third kappa shape index (κ3) is 4.81. The summed E-state index contributed by atoms with van der Waals surface area (Å²) in [6.45, 7) is 3.19. The maximum Gasteiger partial charge on any atom is 0.573 e. The second-order valence-electron chi connectivity index (χ2n) is 9.56. The Hall–Kier alpha value is -3.06. The van der Waals surface area contributed by atoms with Crippen molar-refractivity contribution in [3.8, 4) is 5.75 Å². The first-order valence-electron chi connectivity index (χ1n) is 11.9. The minimum absolute atomic E-state index is 0.0531. The summed E-state index contributed by atoms with van der Waals surface area (Å²) in [6.07, 6.45) is -6.85. The van der Waals surface area contributed by atoms with E-state index in [1.54, 1.807) is 12.1 Å². The predicted molar refractivity (Wildman–Crippen MR) is 118 cm³/mol. The van der Waals surface area contributed by atoms with Gasteiger partial charge >= 0.3 is 12.5 Å². The Morgan fingerprint density at radius 3 is 2.42 bits per heavy atom. The van der Waals surface area contributed by atoms with Crippen LogP contribution in [0.1, 0.15) is 18.4 Å². The molecule has 3 amide bonds. The number of likely N-dealkylation sites (tertiary alicyclic amines) is 3. The second-order valence-corrected chi connectivity index (χ2v) is 9.56. The van der Waals surface area contributed by atoms with Crippen molar-refractivity contribution in [3.63, 3.8) is 0 Å². The highest BCUT2D eigenvalue weighted by Gasteiger charge is 2.54. The molecule has 1 N–H and O–H groups in total. The summed E-state index contributed by atoms with van der Waals surface area (Å²) in [5, 5.41) is 9.68. The summed E-state index contributed by atoms with van der Waals surface area (Å²) in [5.41, 5.74) is 0.965. The van der Waals surface area contributed by atoms with Crippen LogP contribution in [0, 0.1) is 11.8 Å². The zero-order valence-electron chi connectivity index (χ0n) is 19.4. The molecular weight excluding hydrogens is 485 g/mol. The van der Waals surface area contributed by atoms with Crippen molar-refractivity contribution >= 4 is 23.6 Å². The molecule has 36 heavy (non-hydrogen) atoms. The summed E-state index contributed by atoms with van der Waals surface area (Å²) in [6, 6.07) is 4.77. The Balaban J connectivity index is 1.35. The van der Waals surface area contributed by atoms with Crippen LogP contribution in [0.3, 0.4) is 0 Å². The van der Waals surface area contributed by atoms with E-state index in [1.165, 1.54) is 6.07 Å². The number of carbonyl (C=O) groups excluding carboxylic acids is 2. The van der Waals surface area contributed by atoms with Crippen molar-refractivity contribution in [1.82, 2.24) is 14.7 Å². The summed E-state index contributed by atoms with van der Waals surface area (Å²) in [5.74, 6) is -1.53. The Labute approximate surface area is 205 Å². The number of halogens is 3. The summed E-state index contributed by atoms with van der Waals surface area (Å²) in [7, 11) is 0. The molecule has 4 fully saturated rings. The first-order valence-corrected chi connectivity index (χ1v) is 11.9. The van der Waals surface area contributed by atoms with E-state index in [9.17, 15) is 32.7 Å². The molecule has 4 aliphatic heterocycles. The van der Waals surface area contributed by atoms with Crippen LogP contribution in [0.25, 0.3) is 0 Å². The fraction of sp³-hybridized carbons (Fsp3) is 0.609. The maximum atomic E-state index is 13.2. The lowest BCUT2D eigenvalue weighted by molar-refractivity contribution is -0.275. The van der Waals surface area contributed by atoms with Gasteiger partial charge in [0, 0.05) is 75.3 Å². The SMILES string of the molecule is O=C(O)N1CC2CN(Cc3ccc(N4CCOCC4)cc3OC(F)(F)F)CC2C1N1C(=O)CCC1=O. The third-order valence-corrected chi connectivity index (χ3v) is 7.35. The monoisotopic (exact) mass is 512 g/mol. The molecular formula is C23H27F3N4O6. The molecule has 0 bridgehead atoms. The quantitative estimate of drug-likeness (QED) is 0.598. The molecule has 0 aromatic heterocycles. The van der Waals surface area contributed by atoms with Crippen molar-refractivity contribution in [1.29, 1.82) is 0 Å². The summed E-state index contributed by atoms with van der Waals surface area (Å²) in [4.78, 5) is 42.7. The van der Waals surface area contributed by atoms with E-state index in [0.29, 0.717) is 50.6 Å². The summed E-state index contributed by atoms with van der Waals surface area (Å²) >= 11 is 0. The first-order chi connectivity index (χ1) is 17.1. The number of hydrogen-bond donors (Lipinski definition) is 1. The number of alkyl halides is 3. The molecule has 5 rings (SSSR count). The van der Waals surface area contributed by atoms with Gasteiger partial charge in [0.15, 0.2) is 0 Å². The number of imide groups is 1. The molecule has 1 aromatic rings. The molecule has 0 spiro atoms. The van der Waals surface area contributed by atoms with Crippen molar-refractivity contribution in [2.45, 2.75) is 31.9 Å². The van der Waals surface area contributed by atoms with Gasteiger partial charge in [-0.1, -0.05) is 6.07 Å². The number of nitrogens with zero attached hydrogens (tertiary/aromatic N) is 4. The molecule has 4 heterocycles. The smallest absolute Gasteiger partial charge is 0.465 e. The van der Waals surface area contributed by atoms with Crippen molar-refractivity contribution in [3.05, 3.63) is 23.8 Å². The highest BCUT2D eigenvalue weighted by Crippen LogP contribution is 2.41. The lowest BCUT2D eigenvalue weighted by atomic mass is 9.97. The van der Waals surface area contributed by atoms with Gasteiger partial charge in [-0.2, -0.15) is 0 Å². The van der Waals surface area contributed by atoms with E-state index in [4.69, 9.17) is 4.74 Å². The van der Waals surface area contributed by atoms with E-state index in [0.717, 1.165) is 9.80 Å². The van der Waals surface area contributed by atoms with E-state index >= 15 is 0 Å². The average molecular weight is 512 g/mol. The molecule has 4 saturated heterocycles. The van der Waals surface area contributed by atoms with E-state index < -0.39 is 30.4 Å². The van der Waals surface area contributed by atoms with Gasteiger partial charge in [-0.05, 0) is 12.0 Å². The summed E-state index contributed by atoms with van der Waals surface area (Å²) < 4.78 is 49.3. The number of amides is 3. The van der Waals surface area contributed by atoms with Crippen LogP contribution in [0.5, 0.6) is 5.75 Å². The molecule has 1 aromatic carbocycles. The van der Waals surface area contributed by atoms with Crippen molar-refractivity contribution < 1.29 is 42.1 Å². The predicted octanol–water partition coefficient (Wildman–Crippen LogP) is 1.94. The van der Waals surface area contributed by atoms with E-state index in [1.807, 2.05) is 9.80 Å². The largest absolute Gasteiger partial charge is 0.573 e. The molecule has 0 radical (unpaired) electrons. The zero-order valence-corrected chi connectivity index (χ0v) is 19.4.